The highest BCUT2D eigenvalue weighted by Crippen LogP contribution is 2.31. The van der Waals surface area contributed by atoms with Crippen molar-refractivity contribution < 1.29 is 28.0 Å². The summed E-state index contributed by atoms with van der Waals surface area (Å²) in [5.74, 6) is -0.0518. The Kier molecular flexibility index (Phi) is 4.41. The highest BCUT2D eigenvalue weighted by atomic mass is 35.5. The Bertz CT molecular complexity index is 635. The van der Waals surface area contributed by atoms with Crippen LogP contribution in [0, 0.1) is 0 Å². The summed E-state index contributed by atoms with van der Waals surface area (Å²) in [5.41, 5.74) is -0.776. The molecule has 0 spiro atoms. The first-order valence-corrected chi connectivity index (χ1v) is 6.02. The molecule has 2 aromatic rings. The Morgan fingerprint density at radius 1 is 1.14 bits per heavy atom. The van der Waals surface area contributed by atoms with Crippen LogP contribution in [0.2, 0.25) is 5.02 Å². The fraction of sp³-hybridized carbons (Fsp3) is 0.0833. The maximum absolute atomic E-state index is 12.4. The first-order valence-electron chi connectivity index (χ1n) is 5.64. The summed E-state index contributed by atoms with van der Waals surface area (Å²) in [6.45, 7) is 0. The van der Waals surface area contributed by atoms with Crippen molar-refractivity contribution >= 4 is 24.2 Å². The van der Waals surface area contributed by atoms with Gasteiger partial charge in [-0.25, -0.2) is 4.98 Å². The lowest BCUT2D eigenvalue weighted by atomic mass is 9.80. The third-order valence-electron chi connectivity index (χ3n) is 2.53. The second kappa shape index (κ2) is 5.93. The van der Waals surface area contributed by atoms with E-state index in [-0.39, 0.29) is 22.1 Å². The molecule has 0 fully saturated rings. The summed E-state index contributed by atoms with van der Waals surface area (Å²) in [6, 6.07) is 5.87. The van der Waals surface area contributed by atoms with Crippen molar-refractivity contribution in [3.63, 3.8) is 0 Å². The Morgan fingerprint density at radius 3 is 2.38 bits per heavy atom. The zero-order valence-electron chi connectivity index (χ0n) is 10.3. The lowest BCUT2D eigenvalue weighted by Crippen LogP contribution is -2.29. The molecule has 0 saturated carbocycles. The minimum Gasteiger partial charge on any atom is -0.438 e. The van der Waals surface area contributed by atoms with E-state index in [0.717, 1.165) is 12.1 Å². The molecule has 21 heavy (non-hydrogen) atoms. The molecule has 0 aliphatic rings. The second-order valence-corrected chi connectivity index (χ2v) is 4.46. The van der Waals surface area contributed by atoms with E-state index < -0.39 is 18.9 Å². The number of alkyl halides is 3. The van der Waals surface area contributed by atoms with Crippen LogP contribution < -0.4 is 10.2 Å². The smallest absolute Gasteiger partial charge is 0.438 e. The first-order chi connectivity index (χ1) is 9.77. The van der Waals surface area contributed by atoms with Gasteiger partial charge in [0, 0.05) is 12.3 Å². The van der Waals surface area contributed by atoms with Crippen molar-refractivity contribution in [2.75, 3.05) is 0 Å². The van der Waals surface area contributed by atoms with Crippen molar-refractivity contribution in [2.24, 2.45) is 0 Å². The Morgan fingerprint density at radius 2 is 1.86 bits per heavy atom. The molecule has 2 rings (SSSR count). The van der Waals surface area contributed by atoms with Crippen molar-refractivity contribution in [2.45, 2.75) is 6.18 Å². The monoisotopic (exact) mass is 317 g/mol. The van der Waals surface area contributed by atoms with Gasteiger partial charge in [-0.1, -0.05) is 17.7 Å². The molecule has 0 amide bonds. The van der Waals surface area contributed by atoms with E-state index in [2.05, 4.69) is 4.98 Å². The molecule has 0 radical (unpaired) electrons. The molecule has 1 heterocycles. The average molecular weight is 317 g/mol. The number of benzene rings is 1. The van der Waals surface area contributed by atoms with E-state index in [1.165, 1.54) is 18.2 Å². The summed E-state index contributed by atoms with van der Waals surface area (Å²) < 4.78 is 42.4. The zero-order valence-corrected chi connectivity index (χ0v) is 11.1. The Hall–Kier alpha value is -1.77. The molecule has 0 atom stereocenters. The molecular formula is C12H8BClF3NO3. The van der Waals surface area contributed by atoms with Crippen LogP contribution in [0.1, 0.15) is 5.56 Å². The van der Waals surface area contributed by atoms with Gasteiger partial charge in [0.25, 0.3) is 0 Å². The van der Waals surface area contributed by atoms with Gasteiger partial charge in [-0.05, 0) is 23.7 Å². The number of ether oxygens (including phenoxy) is 1. The lowest BCUT2D eigenvalue weighted by Gasteiger charge is -2.10. The number of halogens is 4. The number of pyridine rings is 1. The van der Waals surface area contributed by atoms with Gasteiger partial charge in [-0.15, -0.1) is 0 Å². The summed E-state index contributed by atoms with van der Waals surface area (Å²) in [7, 11) is -1.72. The highest BCUT2D eigenvalue weighted by Gasteiger charge is 2.30. The van der Waals surface area contributed by atoms with Crippen molar-refractivity contribution in [1.82, 2.24) is 4.98 Å². The van der Waals surface area contributed by atoms with Crippen molar-refractivity contribution in [3.8, 4) is 11.6 Å². The van der Waals surface area contributed by atoms with E-state index in [1.807, 2.05) is 0 Å². The van der Waals surface area contributed by atoms with Crippen LogP contribution in [0.25, 0.3) is 0 Å². The van der Waals surface area contributed by atoms with Crippen LogP contribution in [-0.2, 0) is 6.18 Å². The van der Waals surface area contributed by atoms with Crippen LogP contribution in [-0.4, -0.2) is 22.2 Å². The van der Waals surface area contributed by atoms with Crippen LogP contribution in [0.3, 0.4) is 0 Å². The van der Waals surface area contributed by atoms with Crippen LogP contribution >= 0.6 is 11.6 Å². The van der Waals surface area contributed by atoms with Crippen LogP contribution in [0.4, 0.5) is 13.2 Å². The highest BCUT2D eigenvalue weighted by molar-refractivity contribution is 6.58. The average Bonchev–Trinajstić information content (AvgIpc) is 2.40. The fourth-order valence-electron chi connectivity index (χ4n) is 1.48. The Balaban J connectivity index is 2.24. The lowest BCUT2D eigenvalue weighted by molar-refractivity contribution is -0.137. The summed E-state index contributed by atoms with van der Waals surface area (Å²) in [4.78, 5) is 3.53. The van der Waals surface area contributed by atoms with Crippen molar-refractivity contribution in [1.29, 1.82) is 0 Å². The van der Waals surface area contributed by atoms with Gasteiger partial charge < -0.3 is 14.8 Å². The Labute approximate surface area is 122 Å². The van der Waals surface area contributed by atoms with E-state index in [1.54, 1.807) is 0 Å². The van der Waals surface area contributed by atoms with Gasteiger partial charge in [-0.3, -0.25) is 0 Å². The quantitative estimate of drug-likeness (QED) is 0.852. The van der Waals surface area contributed by atoms with Gasteiger partial charge in [0.15, 0.2) is 0 Å². The van der Waals surface area contributed by atoms with Gasteiger partial charge in [0.05, 0.1) is 10.6 Å². The summed E-state index contributed by atoms with van der Waals surface area (Å²) in [5, 5.41) is 18.2. The second-order valence-electron chi connectivity index (χ2n) is 4.05. The maximum Gasteiger partial charge on any atom is 0.488 e. The molecule has 1 aromatic carbocycles. The third-order valence-corrected chi connectivity index (χ3v) is 2.84. The molecular weight excluding hydrogens is 309 g/mol. The molecule has 9 heteroatoms. The molecule has 0 unspecified atom stereocenters. The number of aromatic nitrogens is 1. The summed E-state index contributed by atoms with van der Waals surface area (Å²) in [6.07, 6.45) is -3.85. The predicted molar refractivity (Wildman–Crippen MR) is 70.6 cm³/mol. The number of rotatable bonds is 3. The molecule has 110 valence electrons. The van der Waals surface area contributed by atoms with E-state index in [0.29, 0.717) is 6.20 Å². The van der Waals surface area contributed by atoms with Crippen LogP contribution in [0.15, 0.2) is 36.5 Å². The van der Waals surface area contributed by atoms with Gasteiger partial charge >= 0.3 is 13.3 Å². The fourth-order valence-corrected chi connectivity index (χ4v) is 1.64. The molecule has 4 nitrogen and oxygen atoms in total. The standard InChI is InChI=1S/C12H8BClF3NO3/c14-9-3-2-8(13(19)20)5-10(9)21-11-4-1-7(6-18-11)12(15,16)17/h1-6,19-20H. The van der Waals surface area contributed by atoms with E-state index >= 15 is 0 Å². The molecule has 2 N–H and O–H groups in total. The minimum absolute atomic E-state index is 0.0505. The van der Waals surface area contributed by atoms with E-state index in [4.69, 9.17) is 26.4 Å². The molecule has 0 aliphatic heterocycles. The van der Waals surface area contributed by atoms with Crippen LogP contribution in [0.5, 0.6) is 11.6 Å². The molecule has 0 aliphatic carbocycles. The minimum atomic E-state index is -4.48. The van der Waals surface area contributed by atoms with Gasteiger partial charge in [-0.2, -0.15) is 13.2 Å². The summed E-state index contributed by atoms with van der Waals surface area (Å²) >= 11 is 5.86. The normalized spacial score (nSPS) is 11.3. The number of hydrogen-bond acceptors (Lipinski definition) is 4. The number of nitrogens with zero attached hydrogens (tertiary/aromatic N) is 1. The molecule has 0 saturated heterocycles. The topological polar surface area (TPSA) is 62.6 Å². The van der Waals surface area contributed by atoms with Crippen molar-refractivity contribution in [3.05, 3.63) is 47.1 Å². The zero-order chi connectivity index (χ0) is 15.6. The van der Waals surface area contributed by atoms with E-state index in [9.17, 15) is 13.2 Å². The predicted octanol–water partition coefficient (Wildman–Crippen LogP) is 2.23. The van der Waals surface area contributed by atoms with Gasteiger partial charge in [0.1, 0.15) is 5.75 Å². The molecule has 0 bridgehead atoms. The number of hydrogen-bond donors (Lipinski definition) is 2. The maximum atomic E-state index is 12.4. The van der Waals surface area contributed by atoms with Gasteiger partial charge in [0.2, 0.25) is 5.88 Å². The SMILES string of the molecule is OB(O)c1ccc(Cl)c(Oc2ccc(C(F)(F)F)cn2)c1. The first kappa shape index (κ1) is 15.6. The molecule has 1 aromatic heterocycles. The largest absolute Gasteiger partial charge is 0.488 e. The third kappa shape index (κ3) is 3.87.